The summed E-state index contributed by atoms with van der Waals surface area (Å²) in [5.74, 6) is -47.1. The monoisotopic (exact) mass is 637 g/mol. The van der Waals surface area contributed by atoms with Crippen LogP contribution in [-0.4, -0.2) is 17.7 Å². The topological polar surface area (TPSA) is 29.4 Å². The molecule has 0 saturated carbocycles. The van der Waals surface area contributed by atoms with Gasteiger partial charge in [0, 0.05) is 0 Å². The molecule has 0 aliphatic rings. The van der Waals surface area contributed by atoms with Crippen LogP contribution in [0.25, 0.3) is 0 Å². The Balaban J connectivity index is 2.91. The Kier molecular flexibility index (Phi) is 7.48. The van der Waals surface area contributed by atoms with Crippen molar-refractivity contribution in [3.05, 3.63) is 87.3 Å². The molecule has 0 radical (unpaired) electrons. The fourth-order valence-corrected chi connectivity index (χ4v) is 13.1. The van der Waals surface area contributed by atoms with Crippen molar-refractivity contribution in [1.29, 1.82) is 0 Å². The number of hydrogen-bond acceptors (Lipinski definition) is 2. The van der Waals surface area contributed by atoms with Crippen molar-refractivity contribution in [3.8, 4) is 0 Å². The van der Waals surface area contributed by atoms with Gasteiger partial charge in [-0.15, -0.1) is 0 Å². The molecule has 3 aromatic carbocycles. The molecule has 0 N–H and O–H groups in total. The summed E-state index contributed by atoms with van der Waals surface area (Å²) in [5.41, 5.74) is 0. The van der Waals surface area contributed by atoms with Crippen molar-refractivity contribution in [1.82, 2.24) is 0 Å². The Bertz CT molecular complexity index is 1300. The average molecular weight is 636 g/mol. The molecule has 0 atom stereocenters. The van der Waals surface area contributed by atoms with Crippen LogP contribution >= 0.6 is 0 Å². The van der Waals surface area contributed by atoms with E-state index in [1.54, 1.807) is 0 Å². The van der Waals surface area contributed by atoms with Crippen molar-refractivity contribution in [3.63, 3.8) is 0 Å². The Morgan fingerprint density at radius 3 is 0.676 bits per heavy atom. The summed E-state index contributed by atoms with van der Waals surface area (Å²) >= 11 is -9.71. The number of benzene rings is 3. The molecule has 0 heterocycles. The Morgan fingerprint density at radius 2 is 0.514 bits per heavy atom. The molecule has 0 saturated heterocycles. The molecular weight excluding hydrogens is 636 g/mol. The van der Waals surface area contributed by atoms with E-state index < -0.39 is 125 Å². The molecule has 0 spiro atoms. The molecule has 0 aliphatic heterocycles. The van der Waals surface area contributed by atoms with E-state index in [0.29, 0.717) is 0 Å². The molecule has 0 bridgehead atoms. The zero-order valence-corrected chi connectivity index (χ0v) is 19.3. The fraction of sp³-hybridized carbons (Fsp3) is 0. The maximum absolute atomic E-state index is 14.8. The number of rotatable bonds is 4. The summed E-state index contributed by atoms with van der Waals surface area (Å²) in [5, 5.41) is 0. The molecule has 0 aromatic heterocycles. The summed E-state index contributed by atoms with van der Waals surface area (Å²) in [6.07, 6.45) is 0. The van der Waals surface area contributed by atoms with E-state index in [9.17, 15) is 70.1 Å². The summed E-state index contributed by atoms with van der Waals surface area (Å²) in [6, 6.07) is 0. The van der Waals surface area contributed by atoms with Gasteiger partial charge in [-0.3, -0.25) is 0 Å². The second kappa shape index (κ2) is 9.69. The van der Waals surface area contributed by atoms with Crippen molar-refractivity contribution in [2.24, 2.45) is 3.32 Å². The molecule has 198 valence electrons. The van der Waals surface area contributed by atoms with Gasteiger partial charge in [-0.2, -0.15) is 0 Å². The molecule has 0 aliphatic carbocycles. The minimum absolute atomic E-state index is 1.56. The number of halogens is 15. The van der Waals surface area contributed by atoms with Crippen LogP contribution in [0.2, 0.25) is 0 Å². The van der Waals surface area contributed by atoms with Gasteiger partial charge < -0.3 is 0 Å². The van der Waals surface area contributed by atoms with Gasteiger partial charge in [-0.25, -0.2) is 0 Å². The third kappa shape index (κ3) is 3.82. The normalized spacial score (nSPS) is 11.8. The van der Waals surface area contributed by atoms with Gasteiger partial charge in [-0.1, -0.05) is 0 Å². The van der Waals surface area contributed by atoms with Crippen molar-refractivity contribution in [2.75, 3.05) is 0 Å². The first-order valence-electron chi connectivity index (χ1n) is 8.66. The number of hydrogen-bond donors (Lipinski definition) is 0. The molecule has 0 amide bonds. The summed E-state index contributed by atoms with van der Waals surface area (Å²) in [6.45, 7) is 0. The summed E-state index contributed by atoms with van der Waals surface area (Å²) in [4.78, 5) is 0. The van der Waals surface area contributed by atoms with Crippen molar-refractivity contribution < 1.29 is 70.1 Å². The summed E-state index contributed by atoms with van der Waals surface area (Å²) < 4.78 is 219. The predicted molar refractivity (Wildman–Crippen MR) is 93.9 cm³/mol. The molecule has 2 nitrogen and oxygen atoms in total. The van der Waals surface area contributed by atoms with E-state index in [2.05, 4.69) is 3.32 Å². The summed E-state index contributed by atoms with van der Waals surface area (Å²) in [7, 11) is 0. The van der Waals surface area contributed by atoms with E-state index in [4.69, 9.17) is 0 Å². The van der Waals surface area contributed by atoms with Gasteiger partial charge in [0.2, 0.25) is 0 Å². The van der Waals surface area contributed by atoms with Gasteiger partial charge in [0.25, 0.3) is 0 Å². The van der Waals surface area contributed by atoms with Crippen LogP contribution in [0.4, 0.5) is 65.9 Å². The van der Waals surface area contributed by atoms with E-state index in [-0.39, 0.29) is 0 Å². The van der Waals surface area contributed by atoms with Crippen molar-refractivity contribution in [2.45, 2.75) is 0 Å². The van der Waals surface area contributed by atoms with Gasteiger partial charge in [0.1, 0.15) is 0 Å². The third-order valence-corrected chi connectivity index (χ3v) is 14.7. The zero-order valence-electron chi connectivity index (χ0n) is 16.4. The Morgan fingerprint density at radius 1 is 0.351 bits per heavy atom. The third-order valence-electron chi connectivity index (χ3n) is 4.89. The molecule has 0 unspecified atom stereocenters. The fourth-order valence-electron chi connectivity index (χ4n) is 3.34. The van der Waals surface area contributed by atoms with Gasteiger partial charge in [0.15, 0.2) is 0 Å². The second-order valence-electron chi connectivity index (χ2n) is 6.71. The predicted octanol–water partition coefficient (Wildman–Crippen LogP) is 4.14. The van der Waals surface area contributed by atoms with E-state index in [1.165, 1.54) is 0 Å². The van der Waals surface area contributed by atoms with Crippen LogP contribution in [0, 0.1) is 87.3 Å². The van der Waals surface area contributed by atoms with Crippen LogP contribution in [0.15, 0.2) is 3.32 Å². The van der Waals surface area contributed by atoms with Crippen LogP contribution in [0.3, 0.4) is 0 Å². The molecule has 37 heavy (non-hydrogen) atoms. The first-order chi connectivity index (χ1) is 17.1. The molecule has 3 aromatic rings. The first kappa shape index (κ1) is 28.5. The van der Waals surface area contributed by atoms with E-state index in [0.717, 1.165) is 0 Å². The van der Waals surface area contributed by atoms with E-state index >= 15 is 0 Å². The van der Waals surface area contributed by atoms with Gasteiger partial charge in [0.05, 0.1) is 0 Å². The Hall–Kier alpha value is -3.03. The first-order valence-corrected chi connectivity index (χ1v) is 13.4. The minimum atomic E-state index is -8.15. The number of nitrogens with zero attached hydrogens (tertiary/aromatic N) is 1. The van der Waals surface area contributed by atoms with E-state index in [1.807, 2.05) is 0 Å². The second-order valence-corrected chi connectivity index (χ2v) is 14.3. The zero-order chi connectivity index (χ0) is 28.3. The van der Waals surface area contributed by atoms with Crippen LogP contribution in [-0.2, 0) is 11.5 Å². The average Bonchev–Trinajstić information content (AvgIpc) is 2.86. The van der Waals surface area contributed by atoms with Crippen LogP contribution in [0.5, 0.6) is 0 Å². The van der Waals surface area contributed by atoms with Gasteiger partial charge in [-0.05, 0) is 0 Å². The quantitative estimate of drug-likeness (QED) is 0.184. The Labute approximate surface area is 199 Å². The molecule has 3 rings (SSSR count). The maximum atomic E-state index is 14.8. The standard InChI is InChI=1S/C18F15GeNOS/c19-1-4(22)10(28)16(11(29)5(1)23)34(35-37-36,17-12(30)6(24)2(20)7(25)13(17)31)18-14(32)8(26)3(21)9(27)15(18)33. The van der Waals surface area contributed by atoms with Crippen molar-refractivity contribution >= 4 is 38.1 Å². The molecule has 0 fully saturated rings. The SMILES string of the molecule is O=S=[N][Ge]([c]1c(F)c(F)c(F)c(F)c1F)([c]1c(F)c(F)c(F)c(F)c1F)[c]1c(F)c(F)c(F)c(F)c1F. The molecular formula is C18F15GeNOS. The van der Waals surface area contributed by atoms with Crippen LogP contribution in [0.1, 0.15) is 0 Å². The van der Waals surface area contributed by atoms with Crippen LogP contribution < -0.4 is 13.2 Å². The van der Waals surface area contributed by atoms with Gasteiger partial charge >= 0.3 is 199 Å². The molecule has 19 heteroatoms.